The van der Waals surface area contributed by atoms with E-state index in [0.29, 0.717) is 11.1 Å². The van der Waals surface area contributed by atoms with Crippen LogP contribution in [0.2, 0.25) is 0 Å². The summed E-state index contributed by atoms with van der Waals surface area (Å²) >= 11 is 0. The first kappa shape index (κ1) is 21.0. The van der Waals surface area contributed by atoms with Gasteiger partial charge in [-0.2, -0.15) is 0 Å². The summed E-state index contributed by atoms with van der Waals surface area (Å²) in [4.78, 5) is 32.2. The standard InChI is InChI=1S/C18H14F2O4.C2H4O2/c19-11-5-1-3-9(7-11)13-14(10-4-2-6-12(20)8-10)16(18(23)24)15(13)17(21)22;1-2(3)4/h1-8,13-16H,(H,21,22)(H,23,24);1H3,(H,3,4)/t13-,14+,15+,16-;. The number of carbonyl (C=O) groups is 3. The van der Waals surface area contributed by atoms with Crippen molar-refractivity contribution < 1.29 is 38.5 Å². The van der Waals surface area contributed by atoms with Crippen LogP contribution in [0.4, 0.5) is 8.78 Å². The van der Waals surface area contributed by atoms with Crippen LogP contribution in [0.3, 0.4) is 0 Å². The lowest BCUT2D eigenvalue weighted by Gasteiger charge is -2.48. The van der Waals surface area contributed by atoms with Gasteiger partial charge in [0, 0.05) is 18.8 Å². The van der Waals surface area contributed by atoms with E-state index in [0.717, 1.165) is 6.92 Å². The Morgan fingerprint density at radius 1 is 0.750 bits per heavy atom. The van der Waals surface area contributed by atoms with E-state index in [1.165, 1.54) is 36.4 Å². The Morgan fingerprint density at radius 2 is 1.07 bits per heavy atom. The molecule has 28 heavy (non-hydrogen) atoms. The van der Waals surface area contributed by atoms with E-state index >= 15 is 0 Å². The molecule has 148 valence electrons. The summed E-state index contributed by atoms with van der Waals surface area (Å²) in [5.41, 5.74) is 0.795. The predicted molar refractivity (Wildman–Crippen MR) is 93.8 cm³/mol. The number of benzene rings is 2. The minimum atomic E-state index is -1.26. The summed E-state index contributed by atoms with van der Waals surface area (Å²) in [5.74, 6) is -8.28. The maximum atomic E-state index is 13.5. The monoisotopic (exact) mass is 392 g/mol. The van der Waals surface area contributed by atoms with Crippen LogP contribution in [-0.4, -0.2) is 33.2 Å². The van der Waals surface area contributed by atoms with Gasteiger partial charge in [0.25, 0.3) is 5.97 Å². The molecule has 0 amide bonds. The van der Waals surface area contributed by atoms with E-state index in [4.69, 9.17) is 9.90 Å². The average Bonchev–Trinajstić information content (AvgIpc) is 2.52. The summed E-state index contributed by atoms with van der Waals surface area (Å²) in [6, 6.07) is 10.9. The number of carboxylic acid groups (broad SMARTS) is 3. The summed E-state index contributed by atoms with van der Waals surface area (Å²) in [5, 5.41) is 26.3. The topological polar surface area (TPSA) is 112 Å². The molecule has 8 heteroatoms. The summed E-state index contributed by atoms with van der Waals surface area (Å²) < 4.78 is 27.1. The molecular weight excluding hydrogens is 374 g/mol. The van der Waals surface area contributed by atoms with Crippen LogP contribution in [0, 0.1) is 23.5 Å². The summed E-state index contributed by atoms with van der Waals surface area (Å²) in [7, 11) is 0. The molecule has 1 aliphatic carbocycles. The van der Waals surface area contributed by atoms with Crippen molar-refractivity contribution >= 4 is 17.9 Å². The van der Waals surface area contributed by atoms with E-state index in [-0.39, 0.29) is 0 Å². The maximum Gasteiger partial charge on any atom is 0.308 e. The Hall–Kier alpha value is -3.29. The first-order valence-corrected chi connectivity index (χ1v) is 8.29. The molecule has 1 saturated carbocycles. The van der Waals surface area contributed by atoms with E-state index in [1.54, 1.807) is 12.1 Å². The Bertz CT molecular complexity index is 826. The fourth-order valence-corrected chi connectivity index (χ4v) is 3.62. The number of aliphatic carboxylic acids is 3. The fourth-order valence-electron chi connectivity index (χ4n) is 3.62. The zero-order valence-electron chi connectivity index (χ0n) is 14.8. The molecule has 3 rings (SSSR count). The quantitative estimate of drug-likeness (QED) is 0.736. The lowest BCUT2D eigenvalue weighted by atomic mass is 9.52. The van der Waals surface area contributed by atoms with Gasteiger partial charge in [-0.05, 0) is 35.4 Å². The van der Waals surface area contributed by atoms with Gasteiger partial charge >= 0.3 is 11.9 Å². The molecule has 0 spiro atoms. The van der Waals surface area contributed by atoms with Gasteiger partial charge < -0.3 is 15.3 Å². The van der Waals surface area contributed by atoms with E-state index in [9.17, 15) is 28.6 Å². The van der Waals surface area contributed by atoms with Crippen molar-refractivity contribution in [1.29, 1.82) is 0 Å². The SMILES string of the molecule is CC(=O)O.O=C(O)[C@@H]1[C@H](C(=O)O)[C@@H](c2cccc(F)c2)[C@H]1c1cccc(F)c1. The van der Waals surface area contributed by atoms with E-state index in [2.05, 4.69) is 0 Å². The number of hydrogen-bond acceptors (Lipinski definition) is 3. The highest BCUT2D eigenvalue weighted by Gasteiger charge is 2.58. The minimum absolute atomic E-state index is 0.397. The highest BCUT2D eigenvalue weighted by molar-refractivity contribution is 5.85. The van der Waals surface area contributed by atoms with Gasteiger partial charge in [-0.3, -0.25) is 14.4 Å². The van der Waals surface area contributed by atoms with Crippen molar-refractivity contribution in [3.05, 3.63) is 71.3 Å². The van der Waals surface area contributed by atoms with E-state index in [1.807, 2.05) is 0 Å². The first-order valence-electron chi connectivity index (χ1n) is 8.29. The second kappa shape index (κ2) is 8.60. The molecule has 1 fully saturated rings. The molecule has 6 nitrogen and oxygen atoms in total. The lowest BCUT2D eigenvalue weighted by Crippen LogP contribution is -2.51. The van der Waals surface area contributed by atoms with Crippen molar-refractivity contribution in [2.45, 2.75) is 18.8 Å². The van der Waals surface area contributed by atoms with Crippen molar-refractivity contribution in [1.82, 2.24) is 0 Å². The molecular formula is C20H18F2O6. The molecule has 3 N–H and O–H groups in total. The Morgan fingerprint density at radius 3 is 1.32 bits per heavy atom. The van der Waals surface area contributed by atoms with Crippen LogP contribution >= 0.6 is 0 Å². The van der Waals surface area contributed by atoms with Gasteiger partial charge in [0.15, 0.2) is 0 Å². The zero-order valence-corrected chi connectivity index (χ0v) is 14.8. The van der Waals surface area contributed by atoms with Crippen molar-refractivity contribution in [2.24, 2.45) is 11.8 Å². The molecule has 0 aliphatic heterocycles. The molecule has 0 aromatic heterocycles. The molecule has 0 saturated heterocycles. The molecule has 2 aromatic rings. The smallest absolute Gasteiger partial charge is 0.308 e. The molecule has 4 atom stereocenters. The second-order valence-corrected chi connectivity index (χ2v) is 6.41. The van der Waals surface area contributed by atoms with Crippen LogP contribution in [0.15, 0.2) is 48.5 Å². The number of carboxylic acids is 3. The van der Waals surface area contributed by atoms with Crippen LogP contribution < -0.4 is 0 Å². The van der Waals surface area contributed by atoms with E-state index < -0.39 is 53.2 Å². The van der Waals surface area contributed by atoms with Gasteiger partial charge in [-0.15, -0.1) is 0 Å². The Balaban J connectivity index is 0.000000640. The van der Waals surface area contributed by atoms with Crippen LogP contribution in [0.25, 0.3) is 0 Å². The fraction of sp³-hybridized carbons (Fsp3) is 0.250. The minimum Gasteiger partial charge on any atom is -0.481 e. The molecule has 0 heterocycles. The molecule has 1 aliphatic rings. The highest BCUT2D eigenvalue weighted by Crippen LogP contribution is 2.58. The molecule has 0 radical (unpaired) electrons. The Labute approximate surface area is 159 Å². The van der Waals surface area contributed by atoms with Crippen LogP contribution in [0.5, 0.6) is 0 Å². The van der Waals surface area contributed by atoms with Gasteiger partial charge in [0.2, 0.25) is 0 Å². The Kier molecular flexibility index (Phi) is 6.45. The largest absolute Gasteiger partial charge is 0.481 e. The molecule has 2 aromatic carbocycles. The van der Waals surface area contributed by atoms with Gasteiger partial charge in [-0.25, -0.2) is 8.78 Å². The highest BCUT2D eigenvalue weighted by atomic mass is 19.1. The third kappa shape index (κ3) is 4.51. The third-order valence-electron chi connectivity index (χ3n) is 4.59. The normalized spacial score (nSPS) is 23.0. The third-order valence-corrected chi connectivity index (χ3v) is 4.59. The molecule has 0 unspecified atom stereocenters. The van der Waals surface area contributed by atoms with Gasteiger partial charge in [0.1, 0.15) is 11.6 Å². The maximum absolute atomic E-state index is 13.5. The van der Waals surface area contributed by atoms with Crippen molar-refractivity contribution in [3.8, 4) is 0 Å². The lowest BCUT2D eigenvalue weighted by molar-refractivity contribution is -0.164. The average molecular weight is 392 g/mol. The van der Waals surface area contributed by atoms with Crippen molar-refractivity contribution in [2.75, 3.05) is 0 Å². The number of rotatable bonds is 4. The number of halogens is 2. The number of hydrogen-bond donors (Lipinski definition) is 3. The van der Waals surface area contributed by atoms with Crippen LogP contribution in [-0.2, 0) is 14.4 Å². The summed E-state index contributed by atoms with van der Waals surface area (Å²) in [6.07, 6.45) is 0. The zero-order chi connectivity index (χ0) is 21.0. The van der Waals surface area contributed by atoms with Gasteiger partial charge in [0.05, 0.1) is 11.8 Å². The first-order chi connectivity index (χ1) is 13.1. The van der Waals surface area contributed by atoms with Crippen LogP contribution in [0.1, 0.15) is 29.9 Å². The van der Waals surface area contributed by atoms with Crippen molar-refractivity contribution in [3.63, 3.8) is 0 Å². The second-order valence-electron chi connectivity index (χ2n) is 6.41. The molecule has 0 bridgehead atoms. The summed E-state index contributed by atoms with van der Waals surface area (Å²) in [6.45, 7) is 1.08. The van der Waals surface area contributed by atoms with Gasteiger partial charge in [-0.1, -0.05) is 24.3 Å². The predicted octanol–water partition coefficient (Wildman–Crippen LogP) is 3.34.